The van der Waals surface area contributed by atoms with Gasteiger partial charge in [0.05, 0.1) is 10.7 Å². The molecule has 0 aromatic heterocycles. The zero-order chi connectivity index (χ0) is 12.7. The van der Waals surface area contributed by atoms with Gasteiger partial charge in [0.1, 0.15) is 0 Å². The Kier molecular flexibility index (Phi) is 6.38. The number of unbranched alkanes of at least 4 members (excludes halogenated alkanes) is 1. The molecular weight excluding hydrogens is 232 g/mol. The summed E-state index contributed by atoms with van der Waals surface area (Å²) in [7, 11) is 2.19. The first kappa shape index (κ1) is 14.3. The van der Waals surface area contributed by atoms with E-state index in [-0.39, 0.29) is 0 Å². The lowest BCUT2D eigenvalue weighted by molar-refractivity contribution is 0.324. The highest BCUT2D eigenvalue weighted by Gasteiger charge is 2.00. The summed E-state index contributed by atoms with van der Waals surface area (Å²) < 4.78 is 0. The molecule has 0 radical (unpaired) electrons. The standard InChI is InChI=1S/C14H23ClN2/c1-3-4-9-17(2)10-5-6-12-7-8-13(15)14(16)11-12/h7-8,11H,3-6,9-10,16H2,1-2H3. The second-order valence-corrected chi connectivity index (χ2v) is 5.02. The van der Waals surface area contributed by atoms with E-state index in [1.54, 1.807) is 0 Å². The molecule has 0 aliphatic heterocycles. The summed E-state index contributed by atoms with van der Waals surface area (Å²) in [4.78, 5) is 2.39. The Bertz CT molecular complexity index is 339. The fraction of sp³-hybridized carbons (Fsp3) is 0.571. The van der Waals surface area contributed by atoms with Crippen LogP contribution < -0.4 is 5.73 Å². The van der Waals surface area contributed by atoms with Crippen LogP contribution in [0.4, 0.5) is 5.69 Å². The third kappa shape index (κ3) is 5.42. The summed E-state index contributed by atoms with van der Waals surface area (Å²) in [6, 6.07) is 5.92. The minimum absolute atomic E-state index is 0.647. The molecule has 2 nitrogen and oxygen atoms in total. The predicted molar refractivity (Wildman–Crippen MR) is 76.6 cm³/mol. The molecule has 0 fully saturated rings. The van der Waals surface area contributed by atoms with E-state index >= 15 is 0 Å². The molecule has 0 amide bonds. The minimum atomic E-state index is 0.647. The van der Waals surface area contributed by atoms with E-state index in [1.807, 2.05) is 12.1 Å². The lowest BCUT2D eigenvalue weighted by atomic mass is 10.1. The fourth-order valence-electron chi connectivity index (χ4n) is 1.84. The van der Waals surface area contributed by atoms with E-state index in [4.69, 9.17) is 17.3 Å². The van der Waals surface area contributed by atoms with E-state index in [9.17, 15) is 0 Å². The van der Waals surface area contributed by atoms with E-state index in [0.29, 0.717) is 10.7 Å². The monoisotopic (exact) mass is 254 g/mol. The van der Waals surface area contributed by atoms with E-state index in [2.05, 4.69) is 24.9 Å². The topological polar surface area (TPSA) is 29.3 Å². The number of rotatable bonds is 7. The molecule has 0 heterocycles. The van der Waals surface area contributed by atoms with Crippen LogP contribution in [0, 0.1) is 0 Å². The van der Waals surface area contributed by atoms with Gasteiger partial charge < -0.3 is 10.6 Å². The Hall–Kier alpha value is -0.730. The van der Waals surface area contributed by atoms with Crippen molar-refractivity contribution in [1.82, 2.24) is 4.90 Å². The molecule has 0 unspecified atom stereocenters. The average molecular weight is 255 g/mol. The maximum Gasteiger partial charge on any atom is 0.0635 e. The van der Waals surface area contributed by atoms with Crippen molar-refractivity contribution in [3.63, 3.8) is 0 Å². The van der Waals surface area contributed by atoms with Gasteiger partial charge in [-0.05, 0) is 57.1 Å². The highest BCUT2D eigenvalue weighted by atomic mass is 35.5. The molecule has 0 bridgehead atoms. The van der Waals surface area contributed by atoms with Crippen molar-refractivity contribution < 1.29 is 0 Å². The summed E-state index contributed by atoms with van der Waals surface area (Å²) in [5.41, 5.74) is 7.73. The maximum absolute atomic E-state index is 5.89. The zero-order valence-electron chi connectivity index (χ0n) is 10.9. The number of aryl methyl sites for hydroxylation is 1. The number of hydrogen-bond acceptors (Lipinski definition) is 2. The van der Waals surface area contributed by atoms with Crippen molar-refractivity contribution in [3.05, 3.63) is 28.8 Å². The van der Waals surface area contributed by atoms with Gasteiger partial charge in [0.2, 0.25) is 0 Å². The number of halogens is 1. The number of nitrogens with two attached hydrogens (primary N) is 1. The van der Waals surface area contributed by atoms with Crippen molar-refractivity contribution in [2.75, 3.05) is 25.9 Å². The number of nitrogens with zero attached hydrogens (tertiary/aromatic N) is 1. The molecule has 0 aliphatic carbocycles. The SMILES string of the molecule is CCCCN(C)CCCc1ccc(Cl)c(N)c1. The lowest BCUT2D eigenvalue weighted by Crippen LogP contribution is -2.21. The summed E-state index contributed by atoms with van der Waals surface area (Å²) in [5.74, 6) is 0. The third-order valence-electron chi connectivity index (χ3n) is 2.96. The normalized spacial score (nSPS) is 11.1. The molecule has 0 saturated carbocycles. The van der Waals surface area contributed by atoms with Crippen LogP contribution in [-0.2, 0) is 6.42 Å². The van der Waals surface area contributed by atoms with Crippen molar-refractivity contribution in [2.24, 2.45) is 0 Å². The molecule has 2 N–H and O–H groups in total. The fourth-order valence-corrected chi connectivity index (χ4v) is 1.96. The minimum Gasteiger partial charge on any atom is -0.398 e. The predicted octanol–water partition coefficient (Wildman–Crippen LogP) is 3.59. The van der Waals surface area contributed by atoms with Crippen LogP contribution in [0.5, 0.6) is 0 Å². The molecule has 3 heteroatoms. The number of hydrogen-bond donors (Lipinski definition) is 1. The van der Waals surface area contributed by atoms with Crippen molar-refractivity contribution in [3.8, 4) is 0 Å². The van der Waals surface area contributed by atoms with Gasteiger partial charge in [-0.1, -0.05) is 31.0 Å². The first-order chi connectivity index (χ1) is 8.13. The Morgan fingerprint density at radius 3 is 2.59 bits per heavy atom. The molecule has 1 aromatic rings. The van der Waals surface area contributed by atoms with Crippen LogP contribution in [-0.4, -0.2) is 25.0 Å². The molecule has 0 saturated heterocycles. The second-order valence-electron chi connectivity index (χ2n) is 4.62. The average Bonchev–Trinajstić information content (AvgIpc) is 2.31. The highest BCUT2D eigenvalue weighted by molar-refractivity contribution is 6.33. The summed E-state index contributed by atoms with van der Waals surface area (Å²) >= 11 is 5.89. The highest BCUT2D eigenvalue weighted by Crippen LogP contribution is 2.20. The summed E-state index contributed by atoms with van der Waals surface area (Å²) in [6.45, 7) is 4.56. The Morgan fingerprint density at radius 1 is 1.24 bits per heavy atom. The first-order valence-corrected chi connectivity index (χ1v) is 6.73. The third-order valence-corrected chi connectivity index (χ3v) is 3.30. The van der Waals surface area contributed by atoms with E-state index in [1.165, 1.54) is 31.4 Å². The molecule has 96 valence electrons. The maximum atomic E-state index is 5.89. The van der Waals surface area contributed by atoms with Crippen LogP contribution in [0.3, 0.4) is 0 Å². The van der Waals surface area contributed by atoms with Gasteiger partial charge in [-0.3, -0.25) is 0 Å². The van der Waals surface area contributed by atoms with Gasteiger partial charge in [-0.15, -0.1) is 0 Å². The second kappa shape index (κ2) is 7.57. The molecular formula is C14H23ClN2. The summed E-state index contributed by atoms with van der Waals surface area (Å²) in [5, 5.41) is 0.647. The van der Waals surface area contributed by atoms with Crippen LogP contribution in [0.25, 0.3) is 0 Å². The van der Waals surface area contributed by atoms with Crippen LogP contribution in [0.1, 0.15) is 31.7 Å². The van der Waals surface area contributed by atoms with E-state index in [0.717, 1.165) is 13.0 Å². The van der Waals surface area contributed by atoms with Crippen LogP contribution in [0.2, 0.25) is 5.02 Å². The largest absolute Gasteiger partial charge is 0.398 e. The first-order valence-electron chi connectivity index (χ1n) is 6.36. The van der Waals surface area contributed by atoms with Gasteiger partial charge >= 0.3 is 0 Å². The van der Waals surface area contributed by atoms with Crippen LogP contribution >= 0.6 is 11.6 Å². The lowest BCUT2D eigenvalue weighted by Gasteiger charge is -2.15. The van der Waals surface area contributed by atoms with Crippen molar-refractivity contribution in [1.29, 1.82) is 0 Å². The molecule has 17 heavy (non-hydrogen) atoms. The van der Waals surface area contributed by atoms with Gasteiger partial charge in [-0.2, -0.15) is 0 Å². The van der Waals surface area contributed by atoms with Gasteiger partial charge in [0, 0.05) is 0 Å². The Morgan fingerprint density at radius 2 is 1.94 bits per heavy atom. The van der Waals surface area contributed by atoms with Gasteiger partial charge in [0.25, 0.3) is 0 Å². The molecule has 0 atom stereocenters. The molecule has 0 spiro atoms. The molecule has 0 aliphatic rings. The van der Waals surface area contributed by atoms with Gasteiger partial charge in [0.15, 0.2) is 0 Å². The number of nitrogen functional groups attached to an aromatic ring is 1. The number of benzene rings is 1. The molecule has 1 aromatic carbocycles. The summed E-state index contributed by atoms with van der Waals surface area (Å²) in [6.07, 6.45) is 4.78. The molecule has 1 rings (SSSR count). The van der Waals surface area contributed by atoms with Gasteiger partial charge in [-0.25, -0.2) is 0 Å². The smallest absolute Gasteiger partial charge is 0.0635 e. The van der Waals surface area contributed by atoms with E-state index < -0.39 is 0 Å². The Labute approximate surface area is 110 Å². The van der Waals surface area contributed by atoms with Crippen LogP contribution in [0.15, 0.2) is 18.2 Å². The quantitative estimate of drug-likeness (QED) is 0.754. The zero-order valence-corrected chi connectivity index (χ0v) is 11.6. The number of anilines is 1. The van der Waals surface area contributed by atoms with Crippen molar-refractivity contribution >= 4 is 17.3 Å². The van der Waals surface area contributed by atoms with Crippen molar-refractivity contribution in [2.45, 2.75) is 32.6 Å². The Balaban J connectivity index is 2.28.